The van der Waals surface area contributed by atoms with Gasteiger partial charge in [-0.25, -0.2) is 4.98 Å². The molecule has 1 atom stereocenters. The number of fused-ring (bicyclic) bond motifs is 3. The lowest BCUT2D eigenvalue weighted by atomic mass is 9.84. The SMILES string of the molecule is O=C(NC1CN2CCC1CC2)c1cnc(-c2ccccc2O)s1. The highest BCUT2D eigenvalue weighted by Gasteiger charge is 2.35. The number of hydrogen-bond donors (Lipinski definition) is 2. The Labute approximate surface area is 139 Å². The van der Waals surface area contributed by atoms with Crippen LogP contribution in [0.25, 0.3) is 10.6 Å². The molecule has 3 fully saturated rings. The monoisotopic (exact) mass is 329 g/mol. The normalized spacial score (nSPS) is 26.2. The van der Waals surface area contributed by atoms with Crippen molar-refractivity contribution in [2.24, 2.45) is 5.92 Å². The van der Waals surface area contributed by atoms with Crippen molar-refractivity contribution < 1.29 is 9.90 Å². The molecule has 1 aromatic carbocycles. The molecule has 3 aliphatic rings. The number of carbonyl (C=O) groups excluding carboxylic acids is 1. The molecule has 0 radical (unpaired) electrons. The molecule has 4 heterocycles. The van der Waals surface area contributed by atoms with E-state index in [-0.39, 0.29) is 17.7 Å². The van der Waals surface area contributed by atoms with Crippen LogP contribution in [0.3, 0.4) is 0 Å². The standard InChI is InChI=1S/C17H19N3O2S/c21-14-4-2-1-3-12(14)17-18-9-15(23-17)16(22)19-13-10-20-7-5-11(13)6-8-20/h1-4,9,11,13,21H,5-8,10H2,(H,19,22). The summed E-state index contributed by atoms with van der Waals surface area (Å²) < 4.78 is 0. The summed E-state index contributed by atoms with van der Waals surface area (Å²) in [6, 6.07) is 7.31. The van der Waals surface area contributed by atoms with Gasteiger partial charge in [-0.1, -0.05) is 12.1 Å². The number of thiazole rings is 1. The van der Waals surface area contributed by atoms with E-state index in [1.54, 1.807) is 18.3 Å². The molecule has 0 aliphatic carbocycles. The van der Waals surface area contributed by atoms with Crippen LogP contribution in [0, 0.1) is 5.92 Å². The molecule has 3 aliphatic heterocycles. The Kier molecular flexibility index (Phi) is 3.79. The Morgan fingerprint density at radius 1 is 1.30 bits per heavy atom. The van der Waals surface area contributed by atoms with Crippen LogP contribution in [0.15, 0.2) is 30.5 Å². The molecule has 23 heavy (non-hydrogen) atoms. The van der Waals surface area contributed by atoms with Gasteiger partial charge in [-0.2, -0.15) is 0 Å². The van der Waals surface area contributed by atoms with Crippen molar-refractivity contribution in [3.05, 3.63) is 35.3 Å². The maximum atomic E-state index is 12.5. The van der Waals surface area contributed by atoms with Gasteiger partial charge in [0.2, 0.25) is 0 Å². The molecule has 2 aromatic rings. The summed E-state index contributed by atoms with van der Waals surface area (Å²) in [4.78, 5) is 19.8. The molecule has 3 saturated heterocycles. The molecule has 120 valence electrons. The smallest absolute Gasteiger partial charge is 0.263 e. The third-order valence-corrected chi connectivity index (χ3v) is 5.87. The number of phenols is 1. The van der Waals surface area contributed by atoms with Gasteiger partial charge < -0.3 is 15.3 Å². The summed E-state index contributed by atoms with van der Waals surface area (Å²) in [5.41, 5.74) is 0.666. The Morgan fingerprint density at radius 2 is 2.09 bits per heavy atom. The van der Waals surface area contributed by atoms with Crippen LogP contribution >= 0.6 is 11.3 Å². The molecular formula is C17H19N3O2S. The van der Waals surface area contributed by atoms with Crippen LogP contribution in [-0.2, 0) is 0 Å². The molecule has 0 saturated carbocycles. The fourth-order valence-electron chi connectivity index (χ4n) is 3.53. The second-order valence-electron chi connectivity index (χ2n) is 6.26. The molecule has 5 rings (SSSR count). The molecule has 5 nitrogen and oxygen atoms in total. The number of phenolic OH excluding ortho intramolecular Hbond substituents is 1. The lowest BCUT2D eigenvalue weighted by Crippen LogP contribution is -2.57. The minimum absolute atomic E-state index is 0.0529. The maximum Gasteiger partial charge on any atom is 0.263 e. The van der Waals surface area contributed by atoms with Crippen LogP contribution in [0.5, 0.6) is 5.75 Å². The van der Waals surface area contributed by atoms with E-state index in [9.17, 15) is 9.90 Å². The number of nitrogens with zero attached hydrogens (tertiary/aromatic N) is 2. The number of amides is 1. The van der Waals surface area contributed by atoms with Gasteiger partial charge in [0.1, 0.15) is 15.6 Å². The van der Waals surface area contributed by atoms with Crippen molar-refractivity contribution in [3.63, 3.8) is 0 Å². The largest absolute Gasteiger partial charge is 0.507 e. The van der Waals surface area contributed by atoms with Gasteiger partial charge in [-0.3, -0.25) is 4.79 Å². The highest BCUT2D eigenvalue weighted by Crippen LogP contribution is 2.32. The number of benzene rings is 1. The second kappa shape index (κ2) is 5.94. The van der Waals surface area contributed by atoms with Gasteiger partial charge >= 0.3 is 0 Å². The third-order valence-electron chi connectivity index (χ3n) is 4.84. The number of nitrogens with one attached hydrogen (secondary N) is 1. The number of piperidine rings is 3. The highest BCUT2D eigenvalue weighted by atomic mass is 32.1. The molecule has 1 unspecified atom stereocenters. The molecule has 2 bridgehead atoms. The highest BCUT2D eigenvalue weighted by molar-refractivity contribution is 7.16. The number of rotatable bonds is 3. The average molecular weight is 329 g/mol. The van der Waals surface area contributed by atoms with Gasteiger partial charge in [0, 0.05) is 12.6 Å². The van der Waals surface area contributed by atoms with Gasteiger partial charge in [0.15, 0.2) is 0 Å². The lowest BCUT2D eigenvalue weighted by Gasteiger charge is -2.44. The first-order valence-corrected chi connectivity index (χ1v) is 8.80. The fraction of sp³-hybridized carbons (Fsp3) is 0.412. The predicted octanol–water partition coefficient (Wildman–Crippen LogP) is 2.34. The summed E-state index contributed by atoms with van der Waals surface area (Å²) in [6.45, 7) is 3.28. The Hall–Kier alpha value is -1.92. The van der Waals surface area contributed by atoms with Crippen LogP contribution in [0.1, 0.15) is 22.5 Å². The number of carbonyl (C=O) groups is 1. The quantitative estimate of drug-likeness (QED) is 0.907. The van der Waals surface area contributed by atoms with Crippen molar-refractivity contribution in [3.8, 4) is 16.3 Å². The van der Waals surface area contributed by atoms with Crippen molar-refractivity contribution in [2.75, 3.05) is 19.6 Å². The van der Waals surface area contributed by atoms with Gasteiger partial charge in [-0.15, -0.1) is 11.3 Å². The van der Waals surface area contributed by atoms with Gasteiger partial charge in [0.25, 0.3) is 5.91 Å². The zero-order chi connectivity index (χ0) is 15.8. The van der Waals surface area contributed by atoms with E-state index in [1.807, 2.05) is 12.1 Å². The number of hydrogen-bond acceptors (Lipinski definition) is 5. The van der Waals surface area contributed by atoms with Crippen molar-refractivity contribution in [1.29, 1.82) is 0 Å². The zero-order valence-corrected chi connectivity index (χ0v) is 13.6. The van der Waals surface area contributed by atoms with E-state index in [0.29, 0.717) is 21.4 Å². The molecule has 0 spiro atoms. The van der Waals surface area contributed by atoms with E-state index < -0.39 is 0 Å². The number of aromatic hydroxyl groups is 1. The Balaban J connectivity index is 1.48. The van der Waals surface area contributed by atoms with Crippen LogP contribution in [-0.4, -0.2) is 46.6 Å². The van der Waals surface area contributed by atoms with Crippen LogP contribution in [0.4, 0.5) is 0 Å². The van der Waals surface area contributed by atoms with Crippen molar-refractivity contribution >= 4 is 17.2 Å². The van der Waals surface area contributed by atoms with Crippen molar-refractivity contribution in [2.45, 2.75) is 18.9 Å². The van der Waals surface area contributed by atoms with Gasteiger partial charge in [-0.05, 0) is 44.0 Å². The van der Waals surface area contributed by atoms with E-state index in [1.165, 1.54) is 24.2 Å². The first kappa shape index (κ1) is 14.7. The first-order chi connectivity index (χ1) is 11.2. The third kappa shape index (κ3) is 2.84. The summed E-state index contributed by atoms with van der Waals surface area (Å²) >= 11 is 1.32. The fourth-order valence-corrected chi connectivity index (χ4v) is 4.38. The lowest BCUT2D eigenvalue weighted by molar-refractivity contribution is 0.0622. The van der Waals surface area contributed by atoms with Crippen LogP contribution < -0.4 is 5.32 Å². The summed E-state index contributed by atoms with van der Waals surface area (Å²) in [5, 5.41) is 13.7. The molecule has 1 aromatic heterocycles. The summed E-state index contributed by atoms with van der Waals surface area (Å²) in [7, 11) is 0. The van der Waals surface area contributed by atoms with Crippen LogP contribution in [0.2, 0.25) is 0 Å². The van der Waals surface area contributed by atoms with E-state index in [2.05, 4.69) is 15.2 Å². The predicted molar refractivity (Wildman–Crippen MR) is 89.6 cm³/mol. The second-order valence-corrected chi connectivity index (χ2v) is 7.30. The topological polar surface area (TPSA) is 65.5 Å². The minimum atomic E-state index is -0.0529. The minimum Gasteiger partial charge on any atom is -0.507 e. The average Bonchev–Trinajstić information content (AvgIpc) is 3.06. The number of aromatic nitrogens is 1. The van der Waals surface area contributed by atoms with Crippen molar-refractivity contribution in [1.82, 2.24) is 15.2 Å². The Bertz CT molecular complexity index is 722. The molecule has 1 amide bonds. The van der Waals surface area contributed by atoms with Gasteiger partial charge in [0.05, 0.1) is 11.8 Å². The summed E-state index contributed by atoms with van der Waals surface area (Å²) in [6.07, 6.45) is 3.96. The number of para-hydroxylation sites is 1. The molecular weight excluding hydrogens is 310 g/mol. The summed E-state index contributed by atoms with van der Waals surface area (Å²) in [5.74, 6) is 0.739. The zero-order valence-electron chi connectivity index (χ0n) is 12.7. The molecule has 6 heteroatoms. The van der Waals surface area contributed by atoms with E-state index >= 15 is 0 Å². The first-order valence-electron chi connectivity index (χ1n) is 7.98. The van der Waals surface area contributed by atoms with E-state index in [0.717, 1.165) is 19.6 Å². The maximum absolute atomic E-state index is 12.5. The van der Waals surface area contributed by atoms with E-state index in [4.69, 9.17) is 0 Å². The molecule has 2 N–H and O–H groups in total. The Morgan fingerprint density at radius 3 is 2.78 bits per heavy atom.